The van der Waals surface area contributed by atoms with E-state index in [0.717, 1.165) is 11.5 Å². The summed E-state index contributed by atoms with van der Waals surface area (Å²) in [6.07, 6.45) is 1.54. The molecule has 1 heterocycles. The Bertz CT molecular complexity index is 971. The summed E-state index contributed by atoms with van der Waals surface area (Å²) in [5, 5.41) is 0.902. The van der Waals surface area contributed by atoms with Crippen LogP contribution in [0.15, 0.2) is 59.6 Å². The van der Waals surface area contributed by atoms with Gasteiger partial charge in [0.25, 0.3) is 0 Å². The van der Waals surface area contributed by atoms with Gasteiger partial charge >= 0.3 is 0 Å². The lowest BCUT2D eigenvalue weighted by Crippen LogP contribution is -2.23. The Labute approximate surface area is 138 Å². The minimum atomic E-state index is -3.78. The lowest BCUT2D eigenvalue weighted by atomic mass is 10.2. The van der Waals surface area contributed by atoms with Gasteiger partial charge in [0.15, 0.2) is 0 Å². The topological polar surface area (TPSA) is 59.1 Å². The molecule has 4 nitrogen and oxygen atoms in total. The van der Waals surface area contributed by atoms with Gasteiger partial charge in [-0.1, -0.05) is 35.9 Å². The minimum Gasteiger partial charge on any atom is -0.255 e. The predicted molar refractivity (Wildman–Crippen MR) is 87.2 cm³/mol. The standard InChI is InChI=1S/C16H12ClFN2O2S/c17-14-9-13(18)7-6-12(14)10-20-23(21,22)15-5-1-3-11-4-2-8-19-16(11)15/h1-9,20H,10H2. The number of sulfonamides is 1. The Kier molecular flexibility index (Phi) is 4.30. The number of benzene rings is 2. The van der Waals surface area contributed by atoms with E-state index in [-0.39, 0.29) is 16.5 Å². The first-order valence-corrected chi connectivity index (χ1v) is 8.61. The molecule has 0 fully saturated rings. The Balaban J connectivity index is 1.92. The molecular weight excluding hydrogens is 339 g/mol. The zero-order valence-electron chi connectivity index (χ0n) is 11.8. The van der Waals surface area contributed by atoms with Crippen LogP contribution in [0.4, 0.5) is 4.39 Å². The van der Waals surface area contributed by atoms with Crippen molar-refractivity contribution in [3.63, 3.8) is 0 Å². The fourth-order valence-electron chi connectivity index (χ4n) is 2.21. The Morgan fingerprint density at radius 3 is 2.70 bits per heavy atom. The highest BCUT2D eigenvalue weighted by Crippen LogP contribution is 2.22. The van der Waals surface area contributed by atoms with Crippen LogP contribution in [0.25, 0.3) is 10.9 Å². The molecule has 0 bridgehead atoms. The molecule has 0 radical (unpaired) electrons. The number of nitrogens with zero attached hydrogens (tertiary/aromatic N) is 1. The first kappa shape index (κ1) is 15.9. The average Bonchev–Trinajstić information content (AvgIpc) is 2.53. The third-order valence-electron chi connectivity index (χ3n) is 3.35. The van der Waals surface area contributed by atoms with E-state index in [0.29, 0.717) is 11.1 Å². The van der Waals surface area contributed by atoms with E-state index in [4.69, 9.17) is 11.6 Å². The second-order valence-corrected chi connectivity index (χ2v) is 7.03. The van der Waals surface area contributed by atoms with E-state index >= 15 is 0 Å². The highest BCUT2D eigenvalue weighted by molar-refractivity contribution is 7.89. The number of para-hydroxylation sites is 1. The van der Waals surface area contributed by atoms with Crippen LogP contribution in [-0.2, 0) is 16.6 Å². The largest absolute Gasteiger partial charge is 0.255 e. The van der Waals surface area contributed by atoms with Gasteiger partial charge < -0.3 is 0 Å². The summed E-state index contributed by atoms with van der Waals surface area (Å²) in [6.45, 7) is -0.0370. The summed E-state index contributed by atoms with van der Waals surface area (Å²) < 4.78 is 40.6. The SMILES string of the molecule is O=S(=O)(NCc1ccc(F)cc1Cl)c1cccc2cccnc12. The summed E-state index contributed by atoms with van der Waals surface area (Å²) in [6, 6.07) is 12.3. The molecule has 7 heteroatoms. The van der Waals surface area contributed by atoms with Gasteiger partial charge in [-0.05, 0) is 29.8 Å². The molecule has 1 N–H and O–H groups in total. The number of fused-ring (bicyclic) bond motifs is 1. The fourth-order valence-corrected chi connectivity index (χ4v) is 3.63. The van der Waals surface area contributed by atoms with Crippen molar-refractivity contribution in [2.24, 2.45) is 0 Å². The molecular formula is C16H12ClFN2O2S. The van der Waals surface area contributed by atoms with E-state index in [1.807, 2.05) is 0 Å². The second kappa shape index (κ2) is 6.23. The van der Waals surface area contributed by atoms with Gasteiger partial charge in [0.1, 0.15) is 10.7 Å². The summed E-state index contributed by atoms with van der Waals surface area (Å²) in [5.74, 6) is -0.472. The van der Waals surface area contributed by atoms with Crippen LogP contribution in [0, 0.1) is 5.82 Å². The number of hydrogen-bond donors (Lipinski definition) is 1. The predicted octanol–water partition coefficient (Wildman–Crippen LogP) is 3.51. The molecule has 0 aliphatic heterocycles. The maximum atomic E-state index is 13.0. The smallest absolute Gasteiger partial charge is 0.243 e. The van der Waals surface area contributed by atoms with E-state index < -0.39 is 15.8 Å². The molecule has 1 aromatic heterocycles. The number of hydrogen-bond acceptors (Lipinski definition) is 3. The second-order valence-electron chi connectivity index (χ2n) is 4.89. The summed E-state index contributed by atoms with van der Waals surface area (Å²) >= 11 is 5.91. The van der Waals surface area contributed by atoms with Gasteiger partial charge in [0, 0.05) is 23.2 Å². The molecule has 118 valence electrons. The van der Waals surface area contributed by atoms with Crippen molar-refractivity contribution in [3.8, 4) is 0 Å². The molecule has 0 unspecified atom stereocenters. The van der Waals surface area contributed by atoms with Crippen LogP contribution in [-0.4, -0.2) is 13.4 Å². The number of halogens is 2. The van der Waals surface area contributed by atoms with Crippen LogP contribution in [0.5, 0.6) is 0 Å². The van der Waals surface area contributed by atoms with Crippen molar-refractivity contribution >= 4 is 32.5 Å². The van der Waals surface area contributed by atoms with Gasteiger partial charge in [-0.2, -0.15) is 0 Å². The number of nitrogens with one attached hydrogen (secondary N) is 1. The molecule has 23 heavy (non-hydrogen) atoms. The molecule has 3 aromatic rings. The van der Waals surface area contributed by atoms with Gasteiger partial charge in [-0.15, -0.1) is 0 Å². The van der Waals surface area contributed by atoms with E-state index in [1.165, 1.54) is 24.4 Å². The zero-order valence-corrected chi connectivity index (χ0v) is 13.4. The highest BCUT2D eigenvalue weighted by Gasteiger charge is 2.18. The van der Waals surface area contributed by atoms with Crippen molar-refractivity contribution in [3.05, 3.63) is 71.1 Å². The lowest BCUT2D eigenvalue weighted by Gasteiger charge is -2.10. The van der Waals surface area contributed by atoms with E-state index in [2.05, 4.69) is 9.71 Å². The van der Waals surface area contributed by atoms with Crippen LogP contribution < -0.4 is 4.72 Å². The maximum absolute atomic E-state index is 13.0. The minimum absolute atomic E-state index is 0.0370. The van der Waals surface area contributed by atoms with Gasteiger partial charge in [-0.25, -0.2) is 17.5 Å². The number of rotatable bonds is 4. The van der Waals surface area contributed by atoms with Crippen molar-refractivity contribution in [2.45, 2.75) is 11.4 Å². The molecule has 0 amide bonds. The quantitative estimate of drug-likeness (QED) is 0.783. The molecule has 0 saturated heterocycles. The first-order valence-electron chi connectivity index (χ1n) is 6.75. The van der Waals surface area contributed by atoms with E-state index in [9.17, 15) is 12.8 Å². The van der Waals surface area contributed by atoms with Gasteiger partial charge in [0.2, 0.25) is 10.0 Å². The molecule has 0 saturated carbocycles. The van der Waals surface area contributed by atoms with Gasteiger partial charge in [-0.3, -0.25) is 4.98 Å². The zero-order chi connectivity index (χ0) is 16.4. The third kappa shape index (κ3) is 3.34. The number of pyridine rings is 1. The van der Waals surface area contributed by atoms with Crippen LogP contribution in [0.2, 0.25) is 5.02 Å². The van der Waals surface area contributed by atoms with Crippen molar-refractivity contribution in [2.75, 3.05) is 0 Å². The van der Waals surface area contributed by atoms with Crippen molar-refractivity contribution < 1.29 is 12.8 Å². The Hall–Kier alpha value is -2.02. The lowest BCUT2D eigenvalue weighted by molar-refractivity contribution is 0.582. The Morgan fingerprint density at radius 1 is 1.13 bits per heavy atom. The molecule has 3 rings (SSSR count). The highest BCUT2D eigenvalue weighted by atomic mass is 35.5. The normalized spacial score (nSPS) is 11.7. The molecule has 0 atom stereocenters. The van der Waals surface area contributed by atoms with Crippen molar-refractivity contribution in [1.82, 2.24) is 9.71 Å². The summed E-state index contributed by atoms with van der Waals surface area (Å²) in [7, 11) is -3.78. The summed E-state index contributed by atoms with van der Waals surface area (Å²) in [5.41, 5.74) is 0.887. The Morgan fingerprint density at radius 2 is 1.91 bits per heavy atom. The average molecular weight is 351 g/mol. The van der Waals surface area contributed by atoms with Crippen LogP contribution >= 0.6 is 11.6 Å². The maximum Gasteiger partial charge on any atom is 0.243 e. The molecule has 0 aliphatic rings. The number of aromatic nitrogens is 1. The molecule has 2 aromatic carbocycles. The third-order valence-corrected chi connectivity index (χ3v) is 5.14. The molecule has 0 aliphatic carbocycles. The van der Waals surface area contributed by atoms with Crippen LogP contribution in [0.3, 0.4) is 0 Å². The summed E-state index contributed by atoms with van der Waals surface area (Å²) in [4.78, 5) is 4.23. The van der Waals surface area contributed by atoms with Crippen LogP contribution in [0.1, 0.15) is 5.56 Å². The van der Waals surface area contributed by atoms with Crippen molar-refractivity contribution in [1.29, 1.82) is 0 Å². The monoisotopic (exact) mass is 350 g/mol. The van der Waals surface area contributed by atoms with E-state index in [1.54, 1.807) is 24.3 Å². The van der Waals surface area contributed by atoms with Gasteiger partial charge in [0.05, 0.1) is 5.52 Å². The first-order chi connectivity index (χ1) is 11.0. The molecule has 0 spiro atoms. The fraction of sp³-hybridized carbons (Fsp3) is 0.0625.